The van der Waals surface area contributed by atoms with E-state index in [4.69, 9.17) is 10.5 Å². The van der Waals surface area contributed by atoms with Crippen LogP contribution in [-0.4, -0.2) is 13.0 Å². The first-order valence-electron chi connectivity index (χ1n) is 5.29. The van der Waals surface area contributed by atoms with Gasteiger partial charge in [0.2, 0.25) is 0 Å². The summed E-state index contributed by atoms with van der Waals surface area (Å²) in [5, 5.41) is 1.23. The Kier molecular flexibility index (Phi) is 3.42. The maximum Gasteiger partial charge on any atom is 0.0958 e. The summed E-state index contributed by atoms with van der Waals surface area (Å²) in [6.07, 6.45) is 8.38. The number of hydrogen-bond donors (Lipinski definition) is 1. The molecule has 0 saturated carbocycles. The number of hydrogen-bond acceptors (Lipinski definition) is 2. The maximum atomic E-state index is 6.02. The van der Waals surface area contributed by atoms with Gasteiger partial charge >= 0.3 is 0 Å². The molecule has 0 amide bonds. The lowest BCUT2D eigenvalue weighted by Gasteiger charge is -2.21. The number of nitrogen functional groups attached to an aromatic ring is 1. The first-order chi connectivity index (χ1) is 7.76. The zero-order chi connectivity index (χ0) is 11.5. The first kappa shape index (κ1) is 11.4. The van der Waals surface area contributed by atoms with Crippen molar-refractivity contribution in [2.45, 2.75) is 12.8 Å². The van der Waals surface area contributed by atoms with Crippen LogP contribution in [0.3, 0.4) is 0 Å². The number of fused-ring (bicyclic) bond motifs is 1. The van der Waals surface area contributed by atoms with E-state index < -0.39 is 0 Å². The van der Waals surface area contributed by atoms with E-state index in [0.717, 1.165) is 5.69 Å². The van der Waals surface area contributed by atoms with Gasteiger partial charge in [-0.1, -0.05) is 39.0 Å². The smallest absolute Gasteiger partial charge is 0.0958 e. The molecule has 3 heteroatoms. The molecule has 16 heavy (non-hydrogen) atoms. The molecule has 84 valence electrons. The fourth-order valence-corrected chi connectivity index (χ4v) is 3.06. The number of rotatable bonds is 2. The molecule has 2 N–H and O–H groups in total. The van der Waals surface area contributed by atoms with Crippen molar-refractivity contribution in [3.63, 3.8) is 0 Å². The van der Waals surface area contributed by atoms with Crippen molar-refractivity contribution in [3.8, 4) is 0 Å². The second kappa shape index (κ2) is 4.82. The third-order valence-corrected chi connectivity index (χ3v) is 4.20. The summed E-state index contributed by atoms with van der Waals surface area (Å²) in [7, 11) is 2.33. The van der Waals surface area contributed by atoms with Crippen LogP contribution in [0.25, 0.3) is 12.2 Å². The van der Waals surface area contributed by atoms with Crippen molar-refractivity contribution in [3.05, 3.63) is 35.4 Å². The largest absolute Gasteiger partial charge is 0.398 e. The van der Waals surface area contributed by atoms with E-state index in [0.29, 0.717) is 8.58 Å². The average molecular weight is 233 g/mol. The van der Waals surface area contributed by atoms with Gasteiger partial charge < -0.3 is 10.5 Å². The second-order valence-electron chi connectivity index (χ2n) is 3.69. The average Bonchev–Trinajstić information content (AvgIpc) is 2.33. The molecule has 0 saturated heterocycles. The van der Waals surface area contributed by atoms with E-state index >= 15 is 0 Å². The fraction of sp³-hybridized carbons (Fsp3) is 0.231. The van der Waals surface area contributed by atoms with E-state index in [2.05, 4.69) is 24.3 Å². The highest BCUT2D eigenvalue weighted by Gasteiger charge is 2.17. The quantitative estimate of drug-likeness (QED) is 0.629. The van der Waals surface area contributed by atoms with Crippen LogP contribution in [0.2, 0.25) is 0 Å². The van der Waals surface area contributed by atoms with Crippen molar-refractivity contribution in [2.75, 3.05) is 12.8 Å². The Balaban J connectivity index is 2.50. The zero-order valence-electron chi connectivity index (χ0n) is 9.53. The van der Waals surface area contributed by atoms with Crippen molar-refractivity contribution in [1.29, 1.82) is 0 Å². The van der Waals surface area contributed by atoms with Gasteiger partial charge in [0, 0.05) is 18.1 Å². The molecule has 0 spiro atoms. The van der Waals surface area contributed by atoms with Crippen molar-refractivity contribution in [2.24, 2.45) is 0 Å². The zero-order valence-corrected chi connectivity index (χ0v) is 10.5. The van der Waals surface area contributed by atoms with Gasteiger partial charge in [-0.05, 0) is 24.1 Å². The molecule has 1 aliphatic heterocycles. The van der Waals surface area contributed by atoms with Crippen molar-refractivity contribution < 1.29 is 4.74 Å². The minimum absolute atomic E-state index is 0.177. The monoisotopic (exact) mass is 233 g/mol. The molecule has 0 bridgehead atoms. The highest BCUT2D eigenvalue weighted by Crippen LogP contribution is 2.32. The van der Waals surface area contributed by atoms with Crippen LogP contribution in [0, 0.1) is 0 Å². The number of anilines is 1. The minimum atomic E-state index is 0.177. The van der Waals surface area contributed by atoms with Gasteiger partial charge in [0.25, 0.3) is 0 Å². The molecule has 0 aliphatic carbocycles. The highest BCUT2D eigenvalue weighted by atomic mass is 31.1. The van der Waals surface area contributed by atoms with Gasteiger partial charge in [0.15, 0.2) is 0 Å². The SMILES string of the molecule is C/C=C/c1ccc(N)c2c1C=CC(OC)P2. The molecular weight excluding hydrogens is 217 g/mol. The molecule has 1 aromatic rings. The second-order valence-corrected chi connectivity index (χ2v) is 5.05. The predicted octanol–water partition coefficient (Wildman–Crippen LogP) is 2.61. The molecule has 2 atom stereocenters. The van der Waals surface area contributed by atoms with Crippen LogP contribution >= 0.6 is 8.58 Å². The molecule has 0 fully saturated rings. The maximum absolute atomic E-state index is 6.02. The van der Waals surface area contributed by atoms with E-state index in [1.54, 1.807) is 7.11 Å². The Morgan fingerprint density at radius 2 is 2.25 bits per heavy atom. The normalized spacial score (nSPS) is 20.5. The standard InChI is InChI=1S/C13H16NOP/c1-3-4-9-5-7-11(14)13-10(9)6-8-12(15-2)16-13/h3-8,12,16H,14H2,1-2H3/b4-3+. The topological polar surface area (TPSA) is 35.2 Å². The number of ether oxygens (including phenoxy) is 1. The van der Waals surface area contributed by atoms with Crippen LogP contribution in [0.5, 0.6) is 0 Å². The highest BCUT2D eigenvalue weighted by molar-refractivity contribution is 7.48. The lowest BCUT2D eigenvalue weighted by molar-refractivity contribution is 0.206. The number of nitrogens with two attached hydrogens (primary N) is 1. The third-order valence-electron chi connectivity index (χ3n) is 2.64. The number of methoxy groups -OCH3 is 1. The van der Waals surface area contributed by atoms with Crippen LogP contribution in [0.4, 0.5) is 5.69 Å². The van der Waals surface area contributed by atoms with Gasteiger partial charge in [-0.25, -0.2) is 0 Å². The molecule has 2 nitrogen and oxygen atoms in total. The Morgan fingerprint density at radius 3 is 2.94 bits per heavy atom. The number of benzene rings is 1. The summed E-state index contributed by atoms with van der Waals surface area (Å²) in [5.74, 6) is 0.177. The summed E-state index contributed by atoms with van der Waals surface area (Å²) in [6.45, 7) is 2.02. The summed E-state index contributed by atoms with van der Waals surface area (Å²) >= 11 is 0. The van der Waals surface area contributed by atoms with E-state index in [1.165, 1.54) is 16.4 Å². The van der Waals surface area contributed by atoms with E-state index in [-0.39, 0.29) is 5.85 Å². The molecular formula is C13H16NOP. The van der Waals surface area contributed by atoms with E-state index in [1.807, 2.05) is 19.1 Å². The minimum Gasteiger partial charge on any atom is -0.398 e. The third kappa shape index (κ3) is 2.04. The first-order valence-corrected chi connectivity index (χ1v) is 6.36. The Labute approximate surface area is 98.0 Å². The fourth-order valence-electron chi connectivity index (χ4n) is 1.83. The summed E-state index contributed by atoms with van der Waals surface area (Å²) in [5.41, 5.74) is 9.35. The van der Waals surface area contributed by atoms with Crippen LogP contribution in [0.15, 0.2) is 24.3 Å². The van der Waals surface area contributed by atoms with Crippen LogP contribution in [0.1, 0.15) is 18.1 Å². The van der Waals surface area contributed by atoms with Gasteiger partial charge in [-0.3, -0.25) is 0 Å². The molecule has 1 aliphatic rings. The molecule has 1 heterocycles. The molecule has 2 unspecified atom stereocenters. The molecule has 0 aromatic heterocycles. The number of allylic oxidation sites excluding steroid dienone is 1. The predicted molar refractivity (Wildman–Crippen MR) is 73.3 cm³/mol. The lowest BCUT2D eigenvalue weighted by Crippen LogP contribution is -2.17. The Hall–Kier alpha value is -1.11. The van der Waals surface area contributed by atoms with Crippen LogP contribution in [-0.2, 0) is 4.74 Å². The van der Waals surface area contributed by atoms with E-state index in [9.17, 15) is 0 Å². The summed E-state index contributed by atoms with van der Waals surface area (Å²) < 4.78 is 5.35. The van der Waals surface area contributed by atoms with Gasteiger partial charge in [0.05, 0.1) is 5.85 Å². The van der Waals surface area contributed by atoms with Gasteiger partial charge in [-0.15, -0.1) is 0 Å². The van der Waals surface area contributed by atoms with Crippen molar-refractivity contribution >= 4 is 31.7 Å². The molecule has 1 aromatic carbocycles. The summed E-state index contributed by atoms with van der Waals surface area (Å²) in [6, 6.07) is 4.04. The van der Waals surface area contributed by atoms with Gasteiger partial charge in [0.1, 0.15) is 0 Å². The van der Waals surface area contributed by atoms with Crippen LogP contribution < -0.4 is 11.0 Å². The Morgan fingerprint density at radius 1 is 1.44 bits per heavy atom. The van der Waals surface area contributed by atoms with Crippen molar-refractivity contribution in [1.82, 2.24) is 0 Å². The molecule has 0 radical (unpaired) electrons. The Bertz CT molecular complexity index is 451. The van der Waals surface area contributed by atoms with Gasteiger partial charge in [-0.2, -0.15) is 0 Å². The molecule has 2 rings (SSSR count). The summed E-state index contributed by atoms with van der Waals surface area (Å²) in [4.78, 5) is 0. The lowest BCUT2D eigenvalue weighted by atomic mass is 10.0.